The van der Waals surface area contributed by atoms with Crippen LogP contribution in [0.2, 0.25) is 0 Å². The summed E-state index contributed by atoms with van der Waals surface area (Å²) in [5.41, 5.74) is 0.707. The Kier molecular flexibility index (Phi) is 7.28. The largest absolute Gasteiger partial charge is 0.454 e. The second kappa shape index (κ2) is 11.0. The summed E-state index contributed by atoms with van der Waals surface area (Å²) in [4.78, 5) is 40.2. The van der Waals surface area contributed by atoms with E-state index in [0.29, 0.717) is 12.5 Å². The molecule has 1 atom stereocenters. The summed E-state index contributed by atoms with van der Waals surface area (Å²) >= 11 is 0. The number of imide groups is 1. The molecule has 3 aromatic carbocycles. The molecule has 3 amide bonds. The number of halogens is 2. The van der Waals surface area contributed by atoms with E-state index in [1.807, 2.05) is 6.92 Å². The Balaban J connectivity index is 1.59. The highest BCUT2D eigenvalue weighted by molar-refractivity contribution is 7.90. The van der Waals surface area contributed by atoms with Crippen molar-refractivity contribution in [1.82, 2.24) is 13.9 Å². The fourth-order valence-corrected chi connectivity index (χ4v) is 6.60. The van der Waals surface area contributed by atoms with Crippen LogP contribution in [-0.2, 0) is 21.9 Å². The number of urea groups is 1. The third-order valence-electron chi connectivity index (χ3n) is 7.62. The summed E-state index contributed by atoms with van der Waals surface area (Å²) in [6.07, 6.45) is 3.07. The van der Waals surface area contributed by atoms with Crippen molar-refractivity contribution < 1.29 is 31.5 Å². The number of anilines is 1. The Bertz CT molecular complexity index is 2190. The molecule has 3 heterocycles. The summed E-state index contributed by atoms with van der Waals surface area (Å²) < 4.78 is 63.7. The van der Waals surface area contributed by atoms with Gasteiger partial charge in [-0.25, -0.2) is 30.9 Å². The average Bonchev–Trinajstić information content (AvgIpc) is 3.58. The molecular weight excluding hydrogens is 606 g/mol. The number of aryl methyl sites for hydroxylation is 2. The zero-order valence-corrected chi connectivity index (χ0v) is 25.1. The van der Waals surface area contributed by atoms with Crippen LogP contribution in [0.3, 0.4) is 0 Å². The fraction of sp³-hybridized carbons (Fsp3) is 0.156. The zero-order valence-electron chi connectivity index (χ0n) is 24.2. The number of nitrogens with zero attached hydrogens (tertiary/aromatic N) is 3. The maximum absolute atomic E-state index is 14.7. The summed E-state index contributed by atoms with van der Waals surface area (Å²) in [5, 5.41) is 2.83. The first-order valence-corrected chi connectivity index (χ1v) is 15.3. The molecular formula is C32H26F2N4O6S. The van der Waals surface area contributed by atoms with E-state index < -0.39 is 45.2 Å². The Morgan fingerprint density at radius 3 is 2.29 bits per heavy atom. The normalized spacial score (nSPS) is 15.1. The molecule has 0 unspecified atom stereocenters. The van der Waals surface area contributed by atoms with Gasteiger partial charge < -0.3 is 14.6 Å². The minimum absolute atomic E-state index is 0.0254. The molecule has 0 bridgehead atoms. The molecule has 0 aliphatic carbocycles. The van der Waals surface area contributed by atoms with Gasteiger partial charge in [-0.2, -0.15) is 0 Å². The number of benzene rings is 3. The minimum atomic E-state index is -4.21. The lowest BCUT2D eigenvalue weighted by atomic mass is 10.0. The van der Waals surface area contributed by atoms with E-state index in [1.165, 1.54) is 60.4 Å². The van der Waals surface area contributed by atoms with Gasteiger partial charge in [-0.3, -0.25) is 9.59 Å². The van der Waals surface area contributed by atoms with Gasteiger partial charge in [-0.15, -0.1) is 0 Å². The molecule has 1 aliphatic heterocycles. The number of ether oxygens (including phenoxy) is 1. The van der Waals surface area contributed by atoms with Gasteiger partial charge in [0.05, 0.1) is 10.6 Å². The Labute approximate surface area is 256 Å². The molecule has 0 spiro atoms. The lowest BCUT2D eigenvalue weighted by molar-refractivity contribution is -0.118. The molecule has 45 heavy (non-hydrogen) atoms. The van der Waals surface area contributed by atoms with Gasteiger partial charge in [0.15, 0.2) is 11.6 Å². The molecule has 0 saturated carbocycles. The quantitative estimate of drug-likeness (QED) is 0.238. The monoisotopic (exact) mass is 632 g/mol. The van der Waals surface area contributed by atoms with E-state index >= 15 is 0 Å². The summed E-state index contributed by atoms with van der Waals surface area (Å²) in [6.45, 7) is 3.57. The van der Waals surface area contributed by atoms with E-state index in [0.717, 1.165) is 26.6 Å². The molecule has 1 aliphatic rings. The Morgan fingerprint density at radius 2 is 1.62 bits per heavy atom. The zero-order chi connectivity index (χ0) is 32.2. The van der Waals surface area contributed by atoms with Crippen LogP contribution in [0.1, 0.15) is 18.9 Å². The van der Waals surface area contributed by atoms with Crippen LogP contribution in [-0.4, -0.2) is 34.9 Å². The van der Waals surface area contributed by atoms with E-state index in [2.05, 4.69) is 5.32 Å². The van der Waals surface area contributed by atoms with Crippen molar-refractivity contribution in [2.24, 2.45) is 7.05 Å². The van der Waals surface area contributed by atoms with Gasteiger partial charge in [-0.1, -0.05) is 24.6 Å². The number of pyridine rings is 1. The highest BCUT2D eigenvalue weighted by Crippen LogP contribution is 2.41. The number of nitrogens with one attached hydrogen (secondary N) is 1. The maximum Gasteiger partial charge on any atom is 0.329 e. The van der Waals surface area contributed by atoms with E-state index in [9.17, 15) is 31.6 Å². The van der Waals surface area contributed by atoms with E-state index in [-0.39, 0.29) is 44.1 Å². The van der Waals surface area contributed by atoms with E-state index in [1.54, 1.807) is 19.1 Å². The van der Waals surface area contributed by atoms with Crippen molar-refractivity contribution in [3.05, 3.63) is 107 Å². The van der Waals surface area contributed by atoms with Crippen molar-refractivity contribution in [1.29, 1.82) is 0 Å². The number of hydrogen-bond acceptors (Lipinski definition) is 6. The predicted molar refractivity (Wildman–Crippen MR) is 163 cm³/mol. The number of fused-ring (bicyclic) bond motifs is 1. The van der Waals surface area contributed by atoms with Crippen molar-refractivity contribution in [2.75, 3.05) is 4.90 Å². The van der Waals surface area contributed by atoms with Crippen molar-refractivity contribution in [3.8, 4) is 22.6 Å². The van der Waals surface area contributed by atoms with Crippen molar-refractivity contribution in [2.45, 2.75) is 31.2 Å². The summed E-state index contributed by atoms with van der Waals surface area (Å²) in [6, 6.07) is 13.3. The first kappa shape index (κ1) is 29.8. The van der Waals surface area contributed by atoms with Gasteiger partial charge in [0.1, 0.15) is 23.1 Å². The number of carbonyl (C=O) groups is 2. The summed E-state index contributed by atoms with van der Waals surface area (Å²) in [5.74, 6) is -2.56. The fourth-order valence-electron chi connectivity index (χ4n) is 5.25. The van der Waals surface area contributed by atoms with Gasteiger partial charge in [0.2, 0.25) is 0 Å². The van der Waals surface area contributed by atoms with Crippen LogP contribution in [0.25, 0.3) is 22.0 Å². The summed E-state index contributed by atoms with van der Waals surface area (Å²) in [7, 11) is -2.77. The number of rotatable bonds is 7. The number of aromatic nitrogens is 2. The SMILES string of the molecule is CC[C@@H]1NC(=O)N(c2ccc(Oc3ccc(F)cc3F)c(-c3cn(C)c(=O)c4c3ccn4S(=O)(=O)c3ccc(C)cc3)c2)C1=O. The highest BCUT2D eigenvalue weighted by Gasteiger charge is 2.38. The highest BCUT2D eigenvalue weighted by atomic mass is 32.2. The van der Waals surface area contributed by atoms with Gasteiger partial charge >= 0.3 is 6.03 Å². The van der Waals surface area contributed by atoms with Crippen molar-refractivity contribution in [3.63, 3.8) is 0 Å². The molecule has 2 aromatic heterocycles. The van der Waals surface area contributed by atoms with Crippen LogP contribution in [0, 0.1) is 18.6 Å². The molecule has 1 N–H and O–H groups in total. The van der Waals surface area contributed by atoms with Crippen LogP contribution in [0.4, 0.5) is 19.3 Å². The molecule has 5 aromatic rings. The molecule has 0 radical (unpaired) electrons. The minimum Gasteiger partial charge on any atom is -0.454 e. The first-order valence-electron chi connectivity index (χ1n) is 13.9. The molecule has 13 heteroatoms. The second-order valence-corrected chi connectivity index (χ2v) is 12.4. The lowest BCUT2D eigenvalue weighted by Gasteiger charge is -2.19. The number of hydrogen-bond donors (Lipinski definition) is 1. The first-order chi connectivity index (χ1) is 21.4. The van der Waals surface area contributed by atoms with Gasteiger partial charge in [-0.05, 0) is 61.9 Å². The predicted octanol–water partition coefficient (Wildman–Crippen LogP) is 5.46. The third-order valence-corrected chi connectivity index (χ3v) is 9.31. The number of amides is 3. The number of carbonyl (C=O) groups excluding carboxylic acids is 2. The van der Waals surface area contributed by atoms with Crippen molar-refractivity contribution >= 4 is 38.6 Å². The lowest BCUT2D eigenvalue weighted by Crippen LogP contribution is -2.31. The smallest absolute Gasteiger partial charge is 0.329 e. The Hall–Kier alpha value is -5.30. The second-order valence-electron chi connectivity index (χ2n) is 10.6. The van der Waals surface area contributed by atoms with Gasteiger partial charge in [0, 0.05) is 42.0 Å². The van der Waals surface area contributed by atoms with Crippen LogP contribution in [0.15, 0.2) is 88.8 Å². The third kappa shape index (κ3) is 5.04. The average molecular weight is 633 g/mol. The van der Waals surface area contributed by atoms with Crippen LogP contribution in [0.5, 0.6) is 11.5 Å². The maximum atomic E-state index is 14.7. The van der Waals surface area contributed by atoms with Crippen LogP contribution < -0.4 is 20.5 Å². The molecule has 6 rings (SSSR count). The molecule has 1 saturated heterocycles. The topological polar surface area (TPSA) is 120 Å². The molecule has 230 valence electrons. The molecule has 10 nitrogen and oxygen atoms in total. The van der Waals surface area contributed by atoms with Gasteiger partial charge in [0.25, 0.3) is 21.5 Å². The van der Waals surface area contributed by atoms with Crippen LogP contribution >= 0.6 is 0 Å². The van der Waals surface area contributed by atoms with E-state index in [4.69, 9.17) is 4.74 Å². The molecule has 1 fully saturated rings. The standard InChI is InChI=1S/C32H26F2N4O6S/c1-4-26-30(39)38(32(41)35-26)20-8-12-27(44-28-11-7-19(33)15-25(28)34)23(16-20)24-17-36(3)31(40)29-22(24)13-14-37(29)45(42,43)21-9-5-18(2)6-10-21/h5-17,26H,4H2,1-3H3,(H,35,41)/t26-/m0/s1. The Morgan fingerprint density at radius 1 is 0.911 bits per heavy atom.